The Morgan fingerprint density at radius 2 is 2.04 bits per heavy atom. The predicted octanol–water partition coefficient (Wildman–Crippen LogP) is 1.86. The second-order valence-corrected chi connectivity index (χ2v) is 7.12. The van der Waals surface area contributed by atoms with Crippen molar-refractivity contribution in [3.63, 3.8) is 0 Å². The van der Waals surface area contributed by atoms with Gasteiger partial charge in [-0.2, -0.15) is 0 Å². The minimum atomic E-state index is -0.522. The molecule has 0 spiro atoms. The number of likely N-dealkylation sites (tertiary alicyclic amines) is 1. The molecule has 134 valence electrons. The Labute approximate surface area is 148 Å². The van der Waals surface area contributed by atoms with Crippen LogP contribution in [0.25, 0.3) is 0 Å². The minimum Gasteiger partial charge on any atom is -0.345 e. The first-order valence-electron chi connectivity index (χ1n) is 8.85. The van der Waals surface area contributed by atoms with Crippen LogP contribution in [0.3, 0.4) is 0 Å². The molecule has 0 aliphatic carbocycles. The van der Waals surface area contributed by atoms with E-state index < -0.39 is 6.04 Å². The molecule has 1 aromatic rings. The summed E-state index contributed by atoms with van der Waals surface area (Å²) in [4.78, 5) is 41.2. The first-order chi connectivity index (χ1) is 11.9. The number of para-hydroxylation sites is 1. The molecule has 2 aliphatic heterocycles. The van der Waals surface area contributed by atoms with Gasteiger partial charge in [-0.05, 0) is 17.5 Å². The lowest BCUT2D eigenvalue weighted by Gasteiger charge is -2.34. The van der Waals surface area contributed by atoms with Crippen LogP contribution in [0.15, 0.2) is 24.3 Å². The van der Waals surface area contributed by atoms with E-state index in [1.807, 2.05) is 38.1 Å². The maximum Gasteiger partial charge on any atom is 0.247 e. The van der Waals surface area contributed by atoms with E-state index in [2.05, 4.69) is 5.32 Å². The number of anilines is 1. The van der Waals surface area contributed by atoms with Gasteiger partial charge in [-0.15, -0.1) is 0 Å². The van der Waals surface area contributed by atoms with Crippen molar-refractivity contribution in [2.24, 2.45) is 11.8 Å². The number of carbonyl (C=O) groups excluding carboxylic acids is 3. The van der Waals surface area contributed by atoms with Crippen LogP contribution >= 0.6 is 0 Å². The molecule has 2 heterocycles. The van der Waals surface area contributed by atoms with Gasteiger partial charge in [0.15, 0.2) is 0 Å². The SMILES string of the molecule is CC[C@H](C)[C@H]1C(=O)Nc2ccccc2CN1C(=O)[C@H]1CC(=O)N(C)C1. The molecule has 1 fully saturated rings. The number of hydrogen-bond donors (Lipinski definition) is 1. The Morgan fingerprint density at radius 1 is 1.32 bits per heavy atom. The van der Waals surface area contributed by atoms with Gasteiger partial charge in [-0.25, -0.2) is 0 Å². The fourth-order valence-corrected chi connectivity index (χ4v) is 3.68. The second kappa shape index (κ2) is 6.86. The Bertz CT molecular complexity index is 703. The first kappa shape index (κ1) is 17.5. The quantitative estimate of drug-likeness (QED) is 0.911. The van der Waals surface area contributed by atoms with Gasteiger partial charge in [0.05, 0.1) is 5.92 Å². The number of fused-ring (bicyclic) bond motifs is 1. The Balaban J connectivity index is 1.95. The van der Waals surface area contributed by atoms with Gasteiger partial charge >= 0.3 is 0 Å². The third-order valence-corrected chi connectivity index (χ3v) is 5.38. The van der Waals surface area contributed by atoms with Crippen LogP contribution in [0.4, 0.5) is 5.69 Å². The molecule has 1 N–H and O–H groups in total. The zero-order valence-electron chi connectivity index (χ0n) is 15.0. The largest absolute Gasteiger partial charge is 0.345 e. The zero-order chi connectivity index (χ0) is 18.1. The van der Waals surface area contributed by atoms with E-state index in [-0.39, 0.29) is 36.0 Å². The van der Waals surface area contributed by atoms with Crippen LogP contribution in [0, 0.1) is 11.8 Å². The second-order valence-electron chi connectivity index (χ2n) is 7.12. The van der Waals surface area contributed by atoms with Crippen molar-refractivity contribution in [2.75, 3.05) is 18.9 Å². The van der Waals surface area contributed by atoms with Crippen molar-refractivity contribution in [2.45, 2.75) is 39.3 Å². The Hall–Kier alpha value is -2.37. The van der Waals surface area contributed by atoms with Crippen LogP contribution < -0.4 is 5.32 Å². The highest BCUT2D eigenvalue weighted by Crippen LogP contribution is 2.30. The molecule has 2 aliphatic rings. The van der Waals surface area contributed by atoms with Crippen LogP contribution in [0.1, 0.15) is 32.3 Å². The molecule has 0 saturated carbocycles. The van der Waals surface area contributed by atoms with Crippen molar-refractivity contribution in [3.8, 4) is 0 Å². The standard InChI is InChI=1S/C19H25N3O3/c1-4-12(2)17-18(24)20-15-8-6-5-7-13(15)11-22(17)19(25)14-9-16(23)21(3)10-14/h5-8,12,14,17H,4,9-11H2,1-3H3,(H,20,24)/t12-,14-,17-/m0/s1. The predicted molar refractivity (Wildman–Crippen MR) is 94.6 cm³/mol. The number of rotatable bonds is 3. The molecular formula is C19H25N3O3. The summed E-state index contributed by atoms with van der Waals surface area (Å²) in [6, 6.07) is 7.05. The summed E-state index contributed by atoms with van der Waals surface area (Å²) in [6.07, 6.45) is 1.02. The molecule has 0 bridgehead atoms. The topological polar surface area (TPSA) is 69.7 Å². The fourth-order valence-electron chi connectivity index (χ4n) is 3.68. The first-order valence-corrected chi connectivity index (χ1v) is 8.85. The number of amides is 3. The molecule has 0 unspecified atom stereocenters. The number of nitrogens with zero attached hydrogens (tertiary/aromatic N) is 2. The molecular weight excluding hydrogens is 318 g/mol. The molecule has 3 amide bonds. The summed E-state index contributed by atoms with van der Waals surface area (Å²) in [5.41, 5.74) is 1.68. The highest BCUT2D eigenvalue weighted by Gasteiger charge is 2.41. The van der Waals surface area contributed by atoms with Crippen molar-refractivity contribution in [1.82, 2.24) is 9.80 Å². The summed E-state index contributed by atoms with van der Waals surface area (Å²) in [7, 11) is 1.71. The normalized spacial score (nSPS) is 24.6. The van der Waals surface area contributed by atoms with Crippen molar-refractivity contribution >= 4 is 23.4 Å². The van der Waals surface area contributed by atoms with Crippen LogP contribution in [0.5, 0.6) is 0 Å². The van der Waals surface area contributed by atoms with Gasteiger partial charge in [0, 0.05) is 32.2 Å². The Morgan fingerprint density at radius 3 is 2.68 bits per heavy atom. The number of hydrogen-bond acceptors (Lipinski definition) is 3. The van der Waals surface area contributed by atoms with Crippen molar-refractivity contribution in [3.05, 3.63) is 29.8 Å². The number of carbonyl (C=O) groups is 3. The van der Waals surface area contributed by atoms with Crippen LogP contribution in [0.2, 0.25) is 0 Å². The van der Waals surface area contributed by atoms with Gasteiger partial charge in [-0.1, -0.05) is 38.5 Å². The number of benzene rings is 1. The average molecular weight is 343 g/mol. The Kier molecular flexibility index (Phi) is 4.79. The van der Waals surface area contributed by atoms with E-state index in [0.29, 0.717) is 13.1 Å². The minimum absolute atomic E-state index is 0.0156. The third kappa shape index (κ3) is 3.25. The highest BCUT2D eigenvalue weighted by atomic mass is 16.2. The maximum absolute atomic E-state index is 13.2. The van der Waals surface area contributed by atoms with E-state index in [4.69, 9.17) is 0 Å². The summed E-state index contributed by atoms with van der Waals surface area (Å²) >= 11 is 0. The molecule has 25 heavy (non-hydrogen) atoms. The summed E-state index contributed by atoms with van der Waals surface area (Å²) in [5, 5.41) is 2.97. The van der Waals surface area contributed by atoms with Crippen LogP contribution in [-0.2, 0) is 20.9 Å². The fraction of sp³-hybridized carbons (Fsp3) is 0.526. The van der Waals surface area contributed by atoms with Crippen LogP contribution in [-0.4, -0.2) is 47.2 Å². The molecule has 3 atom stereocenters. The summed E-state index contributed by atoms with van der Waals surface area (Å²) in [5.74, 6) is -0.603. The molecule has 0 aromatic heterocycles. The van der Waals surface area contributed by atoms with Gasteiger partial charge in [0.25, 0.3) is 0 Å². The van der Waals surface area contributed by atoms with Gasteiger partial charge < -0.3 is 15.1 Å². The van der Waals surface area contributed by atoms with E-state index in [9.17, 15) is 14.4 Å². The highest BCUT2D eigenvalue weighted by molar-refractivity contribution is 6.00. The average Bonchev–Trinajstić information content (AvgIpc) is 2.85. The lowest BCUT2D eigenvalue weighted by Crippen LogP contribution is -2.51. The summed E-state index contributed by atoms with van der Waals surface area (Å²) in [6.45, 7) is 4.82. The van der Waals surface area contributed by atoms with E-state index in [1.54, 1.807) is 16.8 Å². The molecule has 1 aromatic carbocycles. The monoisotopic (exact) mass is 343 g/mol. The van der Waals surface area contributed by atoms with Gasteiger partial charge in [-0.3, -0.25) is 14.4 Å². The van der Waals surface area contributed by atoms with Gasteiger partial charge in [0.2, 0.25) is 17.7 Å². The molecule has 3 rings (SSSR count). The zero-order valence-corrected chi connectivity index (χ0v) is 15.0. The molecule has 1 saturated heterocycles. The maximum atomic E-state index is 13.2. The van der Waals surface area contributed by atoms with Crippen molar-refractivity contribution in [1.29, 1.82) is 0 Å². The smallest absolute Gasteiger partial charge is 0.247 e. The number of nitrogens with one attached hydrogen (secondary N) is 1. The molecule has 6 heteroatoms. The third-order valence-electron chi connectivity index (χ3n) is 5.38. The van der Waals surface area contributed by atoms with E-state index in [1.165, 1.54) is 0 Å². The van der Waals surface area contributed by atoms with E-state index >= 15 is 0 Å². The van der Waals surface area contributed by atoms with E-state index in [0.717, 1.165) is 17.7 Å². The van der Waals surface area contributed by atoms with Gasteiger partial charge in [0.1, 0.15) is 6.04 Å². The summed E-state index contributed by atoms with van der Waals surface area (Å²) < 4.78 is 0. The lowest BCUT2D eigenvalue weighted by atomic mass is 9.95. The van der Waals surface area contributed by atoms with Crippen molar-refractivity contribution < 1.29 is 14.4 Å². The molecule has 0 radical (unpaired) electrons. The molecule has 6 nitrogen and oxygen atoms in total. The lowest BCUT2D eigenvalue weighted by molar-refractivity contribution is -0.144.